The van der Waals surface area contributed by atoms with Crippen LogP contribution in [0.5, 0.6) is 0 Å². The van der Waals surface area contributed by atoms with Gasteiger partial charge in [-0.3, -0.25) is 14.2 Å². The van der Waals surface area contributed by atoms with Crippen LogP contribution in [-0.4, -0.2) is 34.1 Å². The molecule has 6 heteroatoms. The zero-order valence-electron chi connectivity index (χ0n) is 11.4. The van der Waals surface area contributed by atoms with Crippen LogP contribution in [-0.2, 0) is 16.0 Å². The van der Waals surface area contributed by atoms with Gasteiger partial charge in [-0.2, -0.15) is 0 Å². The summed E-state index contributed by atoms with van der Waals surface area (Å²) in [5.74, 6) is 0.686. The summed E-state index contributed by atoms with van der Waals surface area (Å²) in [6.07, 6.45) is 1.64. The molecule has 1 heterocycles. The van der Waals surface area contributed by atoms with E-state index >= 15 is 0 Å². The molecule has 0 atom stereocenters. The van der Waals surface area contributed by atoms with Crippen LogP contribution < -0.4 is 0 Å². The number of hydrogen-bond acceptors (Lipinski definition) is 5. The smallest absolute Gasteiger partial charge is 0.305 e. The fourth-order valence-electron chi connectivity index (χ4n) is 1.93. The molecule has 0 saturated carbocycles. The predicted octanol–water partition coefficient (Wildman–Crippen LogP) is 1.49. The van der Waals surface area contributed by atoms with E-state index in [0.717, 1.165) is 11.3 Å². The zero-order valence-corrected chi connectivity index (χ0v) is 11.4. The van der Waals surface area contributed by atoms with Crippen molar-refractivity contribution in [2.45, 2.75) is 19.8 Å². The first-order valence-corrected chi connectivity index (χ1v) is 6.19. The Hall–Kier alpha value is -2.50. The molecule has 0 saturated heterocycles. The van der Waals surface area contributed by atoms with E-state index in [1.54, 1.807) is 11.5 Å². The lowest BCUT2D eigenvalue weighted by Crippen LogP contribution is -2.03. The van der Waals surface area contributed by atoms with E-state index in [9.17, 15) is 9.59 Å². The van der Waals surface area contributed by atoms with Gasteiger partial charge in [-0.1, -0.05) is 12.1 Å². The van der Waals surface area contributed by atoms with Gasteiger partial charge < -0.3 is 4.74 Å². The lowest BCUT2D eigenvalue weighted by atomic mass is 10.1. The number of rotatable bonds is 5. The Labute approximate surface area is 116 Å². The summed E-state index contributed by atoms with van der Waals surface area (Å²) in [5.41, 5.74) is 1.84. The molecule has 0 amide bonds. The predicted molar refractivity (Wildman–Crippen MR) is 71.8 cm³/mol. The third-order valence-electron chi connectivity index (χ3n) is 3.00. The summed E-state index contributed by atoms with van der Waals surface area (Å²) >= 11 is 0. The number of aromatic nitrogens is 3. The molecule has 20 heavy (non-hydrogen) atoms. The Bertz CT molecular complexity index is 617. The molecule has 1 aromatic carbocycles. The van der Waals surface area contributed by atoms with Crippen LogP contribution in [0.1, 0.15) is 28.4 Å². The van der Waals surface area contributed by atoms with Crippen LogP contribution in [0.25, 0.3) is 5.69 Å². The number of carbonyl (C=O) groups is 2. The number of hydrogen-bond donors (Lipinski definition) is 0. The number of ether oxygens (including phenoxy) is 1. The third-order valence-corrected chi connectivity index (χ3v) is 3.00. The molecule has 2 rings (SSSR count). The van der Waals surface area contributed by atoms with Crippen molar-refractivity contribution in [2.24, 2.45) is 0 Å². The third kappa shape index (κ3) is 2.90. The number of carbonyl (C=O) groups excluding carboxylic acids is 2. The number of nitrogens with zero attached hydrogens (tertiary/aromatic N) is 3. The number of esters is 1. The molecule has 0 aliphatic heterocycles. The monoisotopic (exact) mass is 273 g/mol. The second kappa shape index (κ2) is 6.10. The second-order valence-electron chi connectivity index (χ2n) is 4.30. The highest BCUT2D eigenvalue weighted by Gasteiger charge is 2.09. The first kappa shape index (κ1) is 13.9. The van der Waals surface area contributed by atoms with Crippen molar-refractivity contribution in [3.8, 4) is 5.69 Å². The van der Waals surface area contributed by atoms with Crippen molar-refractivity contribution in [2.75, 3.05) is 7.11 Å². The van der Waals surface area contributed by atoms with Gasteiger partial charge in [0.2, 0.25) is 5.82 Å². The number of aryl methyl sites for hydroxylation is 2. The van der Waals surface area contributed by atoms with Crippen molar-refractivity contribution in [1.82, 2.24) is 14.8 Å². The standard InChI is InChI=1S/C14H15N3O3/c1-10-15-16-13(9-18)17(10)12-6-3-11(4-7-12)5-8-14(19)20-2/h3-4,6-7,9H,5,8H2,1-2H3. The summed E-state index contributed by atoms with van der Waals surface area (Å²) in [6.45, 7) is 1.78. The average Bonchev–Trinajstić information content (AvgIpc) is 2.86. The molecule has 0 radical (unpaired) electrons. The van der Waals surface area contributed by atoms with Gasteiger partial charge >= 0.3 is 5.97 Å². The summed E-state index contributed by atoms with van der Waals surface area (Å²) in [4.78, 5) is 22.0. The van der Waals surface area contributed by atoms with E-state index in [4.69, 9.17) is 0 Å². The maximum absolute atomic E-state index is 11.1. The molecular weight excluding hydrogens is 258 g/mol. The fourth-order valence-corrected chi connectivity index (χ4v) is 1.93. The van der Waals surface area contributed by atoms with Crippen LogP contribution in [0, 0.1) is 6.92 Å². The SMILES string of the molecule is COC(=O)CCc1ccc(-n2c(C)nnc2C=O)cc1. The molecule has 6 nitrogen and oxygen atoms in total. The summed E-state index contributed by atoms with van der Waals surface area (Å²) in [7, 11) is 1.38. The molecule has 2 aromatic rings. The molecule has 0 spiro atoms. The maximum atomic E-state index is 11.1. The number of aldehydes is 1. The first-order valence-electron chi connectivity index (χ1n) is 6.19. The molecular formula is C14H15N3O3. The van der Waals surface area contributed by atoms with Crippen molar-refractivity contribution >= 4 is 12.3 Å². The molecule has 104 valence electrons. The van der Waals surface area contributed by atoms with Crippen molar-refractivity contribution < 1.29 is 14.3 Å². The highest BCUT2D eigenvalue weighted by atomic mass is 16.5. The lowest BCUT2D eigenvalue weighted by molar-refractivity contribution is -0.140. The van der Waals surface area contributed by atoms with Crippen molar-refractivity contribution in [3.63, 3.8) is 0 Å². The van der Waals surface area contributed by atoms with Crippen molar-refractivity contribution in [3.05, 3.63) is 41.5 Å². The van der Waals surface area contributed by atoms with Gasteiger partial charge in [-0.15, -0.1) is 10.2 Å². The van der Waals surface area contributed by atoms with E-state index in [-0.39, 0.29) is 11.8 Å². The topological polar surface area (TPSA) is 74.1 Å². The number of methoxy groups -OCH3 is 1. The Morgan fingerprint density at radius 3 is 2.60 bits per heavy atom. The Morgan fingerprint density at radius 2 is 2.00 bits per heavy atom. The Morgan fingerprint density at radius 1 is 1.30 bits per heavy atom. The molecule has 0 unspecified atom stereocenters. The van der Waals surface area contributed by atoms with E-state index in [0.29, 0.717) is 25.0 Å². The van der Waals surface area contributed by atoms with Crippen LogP contribution in [0.15, 0.2) is 24.3 Å². The van der Waals surface area contributed by atoms with Crippen LogP contribution in [0.3, 0.4) is 0 Å². The molecule has 0 aliphatic carbocycles. The van der Waals surface area contributed by atoms with E-state index in [1.807, 2.05) is 24.3 Å². The van der Waals surface area contributed by atoms with Gasteiger partial charge in [0, 0.05) is 12.1 Å². The van der Waals surface area contributed by atoms with Gasteiger partial charge in [-0.25, -0.2) is 0 Å². The zero-order chi connectivity index (χ0) is 14.5. The minimum Gasteiger partial charge on any atom is -0.469 e. The molecule has 0 fully saturated rings. The first-order chi connectivity index (χ1) is 9.65. The van der Waals surface area contributed by atoms with Crippen molar-refractivity contribution in [1.29, 1.82) is 0 Å². The fraction of sp³-hybridized carbons (Fsp3) is 0.286. The van der Waals surface area contributed by atoms with E-state index in [1.165, 1.54) is 7.11 Å². The highest BCUT2D eigenvalue weighted by Crippen LogP contribution is 2.14. The molecule has 0 aliphatic rings. The largest absolute Gasteiger partial charge is 0.469 e. The minimum atomic E-state index is -0.230. The Kier molecular flexibility index (Phi) is 4.24. The van der Waals surface area contributed by atoms with Crippen LogP contribution in [0.2, 0.25) is 0 Å². The van der Waals surface area contributed by atoms with E-state index in [2.05, 4.69) is 14.9 Å². The lowest BCUT2D eigenvalue weighted by Gasteiger charge is -2.07. The van der Waals surface area contributed by atoms with Gasteiger partial charge in [0.1, 0.15) is 5.82 Å². The van der Waals surface area contributed by atoms with Crippen LogP contribution in [0.4, 0.5) is 0 Å². The minimum absolute atomic E-state index is 0.230. The van der Waals surface area contributed by atoms with E-state index < -0.39 is 0 Å². The summed E-state index contributed by atoms with van der Waals surface area (Å²) in [6, 6.07) is 7.56. The average molecular weight is 273 g/mol. The summed E-state index contributed by atoms with van der Waals surface area (Å²) in [5, 5.41) is 7.66. The van der Waals surface area contributed by atoms with Gasteiger partial charge in [0.25, 0.3) is 0 Å². The normalized spacial score (nSPS) is 10.3. The number of benzene rings is 1. The quantitative estimate of drug-likeness (QED) is 0.609. The second-order valence-corrected chi connectivity index (χ2v) is 4.30. The maximum Gasteiger partial charge on any atom is 0.305 e. The van der Waals surface area contributed by atoms with Crippen LogP contribution >= 0.6 is 0 Å². The molecule has 0 bridgehead atoms. The molecule has 1 aromatic heterocycles. The highest BCUT2D eigenvalue weighted by molar-refractivity contribution is 5.71. The van der Waals surface area contributed by atoms with Gasteiger partial charge in [0.15, 0.2) is 6.29 Å². The summed E-state index contributed by atoms with van der Waals surface area (Å²) < 4.78 is 6.28. The van der Waals surface area contributed by atoms with Gasteiger partial charge in [0.05, 0.1) is 7.11 Å². The Balaban J connectivity index is 2.17. The molecule has 0 N–H and O–H groups in total. The van der Waals surface area contributed by atoms with Gasteiger partial charge in [-0.05, 0) is 31.0 Å².